The lowest BCUT2D eigenvalue weighted by Crippen LogP contribution is -2.37. The van der Waals surface area contributed by atoms with Gasteiger partial charge in [0.1, 0.15) is 0 Å². The fourth-order valence-electron chi connectivity index (χ4n) is 1.86. The fraction of sp³-hybridized carbons (Fsp3) is 0.533. The quantitative estimate of drug-likeness (QED) is 0.807. The predicted octanol–water partition coefficient (Wildman–Crippen LogP) is 3.66. The molecule has 0 saturated heterocycles. The van der Waals surface area contributed by atoms with Crippen LogP contribution in [0.15, 0.2) is 18.2 Å². The first-order chi connectivity index (χ1) is 9.60. The van der Waals surface area contributed by atoms with Crippen LogP contribution in [-0.4, -0.2) is 35.7 Å². The SMILES string of the molecule is CCCCN(CCCO)C(=O)Nc1cccc(Cl)c1C. The average Bonchev–Trinajstić information content (AvgIpc) is 2.44. The normalized spacial score (nSPS) is 10.4. The number of carbonyl (C=O) groups is 1. The highest BCUT2D eigenvalue weighted by Crippen LogP contribution is 2.23. The molecule has 0 aromatic heterocycles. The summed E-state index contributed by atoms with van der Waals surface area (Å²) in [6.07, 6.45) is 2.57. The number of aliphatic hydroxyl groups is 1. The second-order valence-electron chi connectivity index (χ2n) is 4.76. The minimum atomic E-state index is -0.141. The lowest BCUT2D eigenvalue weighted by molar-refractivity contribution is 0.201. The first-order valence-corrected chi connectivity index (χ1v) is 7.39. The van der Waals surface area contributed by atoms with Crippen molar-refractivity contribution >= 4 is 23.3 Å². The van der Waals surface area contributed by atoms with E-state index < -0.39 is 0 Å². The van der Waals surface area contributed by atoms with E-state index in [-0.39, 0.29) is 12.6 Å². The third-order valence-corrected chi connectivity index (χ3v) is 3.57. The number of halogens is 1. The molecule has 0 aliphatic rings. The molecule has 0 bridgehead atoms. The summed E-state index contributed by atoms with van der Waals surface area (Å²) in [5.41, 5.74) is 1.59. The average molecular weight is 299 g/mol. The Labute approximate surface area is 125 Å². The van der Waals surface area contributed by atoms with Crippen molar-refractivity contribution < 1.29 is 9.90 Å². The minimum Gasteiger partial charge on any atom is -0.396 e. The molecule has 0 spiro atoms. The maximum absolute atomic E-state index is 12.3. The first-order valence-electron chi connectivity index (χ1n) is 7.02. The van der Waals surface area contributed by atoms with Crippen molar-refractivity contribution in [2.75, 3.05) is 25.0 Å². The zero-order valence-electron chi connectivity index (χ0n) is 12.2. The van der Waals surface area contributed by atoms with Crippen LogP contribution in [0.1, 0.15) is 31.7 Å². The molecule has 0 aliphatic carbocycles. The molecular formula is C15H23ClN2O2. The Hall–Kier alpha value is -1.26. The Balaban J connectivity index is 2.71. The van der Waals surface area contributed by atoms with E-state index in [4.69, 9.17) is 16.7 Å². The van der Waals surface area contributed by atoms with Gasteiger partial charge in [-0.15, -0.1) is 0 Å². The van der Waals surface area contributed by atoms with E-state index >= 15 is 0 Å². The summed E-state index contributed by atoms with van der Waals surface area (Å²) in [5.74, 6) is 0. The summed E-state index contributed by atoms with van der Waals surface area (Å²) in [7, 11) is 0. The van der Waals surface area contributed by atoms with Gasteiger partial charge in [-0.3, -0.25) is 0 Å². The van der Waals surface area contributed by atoms with E-state index in [9.17, 15) is 4.79 Å². The van der Waals surface area contributed by atoms with Gasteiger partial charge in [-0.25, -0.2) is 4.79 Å². The van der Waals surface area contributed by atoms with Crippen LogP contribution in [0.2, 0.25) is 5.02 Å². The summed E-state index contributed by atoms with van der Waals surface area (Å²) < 4.78 is 0. The minimum absolute atomic E-state index is 0.0894. The molecule has 1 aromatic carbocycles. The Morgan fingerprint density at radius 2 is 2.05 bits per heavy atom. The number of hydrogen-bond acceptors (Lipinski definition) is 2. The highest BCUT2D eigenvalue weighted by atomic mass is 35.5. The Morgan fingerprint density at radius 3 is 2.70 bits per heavy atom. The molecule has 2 N–H and O–H groups in total. The van der Waals surface area contributed by atoms with Gasteiger partial charge in [0.25, 0.3) is 0 Å². The molecule has 0 aliphatic heterocycles. The zero-order valence-corrected chi connectivity index (χ0v) is 12.9. The lowest BCUT2D eigenvalue weighted by Gasteiger charge is -2.23. The smallest absolute Gasteiger partial charge is 0.321 e. The van der Waals surface area contributed by atoms with Crippen molar-refractivity contribution in [1.29, 1.82) is 0 Å². The zero-order chi connectivity index (χ0) is 15.0. The Bertz CT molecular complexity index is 430. The van der Waals surface area contributed by atoms with Crippen molar-refractivity contribution in [3.63, 3.8) is 0 Å². The van der Waals surface area contributed by atoms with Crippen LogP contribution in [0.25, 0.3) is 0 Å². The van der Waals surface area contributed by atoms with Crippen molar-refractivity contribution in [3.8, 4) is 0 Å². The maximum Gasteiger partial charge on any atom is 0.321 e. The Morgan fingerprint density at radius 1 is 1.35 bits per heavy atom. The van der Waals surface area contributed by atoms with Crippen LogP contribution in [0.5, 0.6) is 0 Å². The van der Waals surface area contributed by atoms with Gasteiger partial charge in [0.15, 0.2) is 0 Å². The maximum atomic E-state index is 12.3. The molecule has 1 rings (SSSR count). The van der Waals surface area contributed by atoms with E-state index in [0.29, 0.717) is 24.5 Å². The van der Waals surface area contributed by atoms with Crippen LogP contribution in [0.3, 0.4) is 0 Å². The van der Waals surface area contributed by atoms with Crippen LogP contribution >= 0.6 is 11.6 Å². The third kappa shape index (κ3) is 5.02. The van der Waals surface area contributed by atoms with Crippen molar-refractivity contribution in [1.82, 2.24) is 4.90 Å². The molecular weight excluding hydrogens is 276 g/mol. The van der Waals surface area contributed by atoms with Gasteiger partial charge in [0.2, 0.25) is 0 Å². The van der Waals surface area contributed by atoms with E-state index in [2.05, 4.69) is 12.2 Å². The van der Waals surface area contributed by atoms with Gasteiger partial charge in [-0.05, 0) is 37.5 Å². The van der Waals surface area contributed by atoms with Gasteiger partial charge < -0.3 is 15.3 Å². The van der Waals surface area contributed by atoms with Crippen LogP contribution in [-0.2, 0) is 0 Å². The third-order valence-electron chi connectivity index (χ3n) is 3.16. The second-order valence-corrected chi connectivity index (χ2v) is 5.17. The summed E-state index contributed by atoms with van der Waals surface area (Å²) in [4.78, 5) is 14.0. The number of nitrogens with zero attached hydrogens (tertiary/aromatic N) is 1. The summed E-state index contributed by atoms with van der Waals surface area (Å²) in [5, 5.41) is 12.4. The number of urea groups is 1. The monoisotopic (exact) mass is 298 g/mol. The van der Waals surface area contributed by atoms with E-state index in [1.165, 1.54) is 0 Å². The molecule has 1 aromatic rings. The fourth-order valence-corrected chi connectivity index (χ4v) is 2.04. The molecule has 2 amide bonds. The molecule has 0 saturated carbocycles. The first kappa shape index (κ1) is 16.8. The van der Waals surface area contributed by atoms with Crippen molar-refractivity contribution in [3.05, 3.63) is 28.8 Å². The number of anilines is 1. The molecule has 0 heterocycles. The number of carbonyl (C=O) groups excluding carboxylic acids is 1. The number of rotatable bonds is 7. The van der Waals surface area contributed by atoms with E-state index in [1.54, 1.807) is 11.0 Å². The number of benzene rings is 1. The molecule has 20 heavy (non-hydrogen) atoms. The standard InChI is InChI=1S/C15H23ClN2O2/c1-3-4-9-18(10-6-11-19)15(20)17-14-8-5-7-13(16)12(14)2/h5,7-8,19H,3-4,6,9-11H2,1-2H3,(H,17,20). The van der Waals surface area contributed by atoms with Gasteiger partial charge >= 0.3 is 6.03 Å². The number of aliphatic hydroxyl groups excluding tert-OH is 1. The number of hydrogen-bond donors (Lipinski definition) is 2. The lowest BCUT2D eigenvalue weighted by atomic mass is 10.2. The van der Waals surface area contributed by atoms with Gasteiger partial charge in [0, 0.05) is 30.4 Å². The topological polar surface area (TPSA) is 52.6 Å². The van der Waals surface area contributed by atoms with Gasteiger partial charge in [-0.2, -0.15) is 0 Å². The Kier molecular flexibility index (Phi) is 7.41. The number of unbranched alkanes of at least 4 members (excludes halogenated alkanes) is 1. The molecule has 0 radical (unpaired) electrons. The molecule has 4 nitrogen and oxygen atoms in total. The van der Waals surface area contributed by atoms with Crippen LogP contribution < -0.4 is 5.32 Å². The molecule has 0 unspecified atom stereocenters. The number of amides is 2. The van der Waals surface area contributed by atoms with Crippen LogP contribution in [0.4, 0.5) is 10.5 Å². The van der Waals surface area contributed by atoms with Gasteiger partial charge in [0.05, 0.1) is 0 Å². The van der Waals surface area contributed by atoms with E-state index in [0.717, 1.165) is 24.1 Å². The number of nitrogens with one attached hydrogen (secondary N) is 1. The summed E-state index contributed by atoms with van der Waals surface area (Å²) in [6, 6.07) is 5.31. The van der Waals surface area contributed by atoms with Crippen molar-refractivity contribution in [2.24, 2.45) is 0 Å². The highest BCUT2D eigenvalue weighted by Gasteiger charge is 2.14. The highest BCUT2D eigenvalue weighted by molar-refractivity contribution is 6.31. The molecule has 0 fully saturated rings. The van der Waals surface area contributed by atoms with Crippen molar-refractivity contribution in [2.45, 2.75) is 33.1 Å². The van der Waals surface area contributed by atoms with E-state index in [1.807, 2.05) is 19.1 Å². The predicted molar refractivity (Wildman–Crippen MR) is 83.4 cm³/mol. The molecule has 0 atom stereocenters. The largest absolute Gasteiger partial charge is 0.396 e. The van der Waals surface area contributed by atoms with Crippen LogP contribution in [0, 0.1) is 6.92 Å². The molecule has 112 valence electrons. The summed E-state index contributed by atoms with van der Waals surface area (Å²) in [6.45, 7) is 5.31. The van der Waals surface area contributed by atoms with Gasteiger partial charge in [-0.1, -0.05) is 31.0 Å². The summed E-state index contributed by atoms with van der Waals surface area (Å²) >= 11 is 6.05. The second kappa shape index (κ2) is 8.82. The molecule has 5 heteroatoms.